The molecule has 0 spiro atoms. The highest BCUT2D eigenvalue weighted by Crippen LogP contribution is 2.19. The molecule has 1 unspecified atom stereocenters. The number of nitrogens with zero attached hydrogens (tertiary/aromatic N) is 2. The van der Waals surface area contributed by atoms with E-state index in [0.29, 0.717) is 0 Å². The molecule has 1 saturated heterocycles. The van der Waals surface area contributed by atoms with Crippen LogP contribution in [0.4, 0.5) is 0 Å². The molecule has 0 aliphatic carbocycles. The zero-order valence-electron chi connectivity index (χ0n) is 10.3. The van der Waals surface area contributed by atoms with Crippen molar-refractivity contribution < 1.29 is 9.63 Å². The third kappa shape index (κ3) is 3.05. The number of likely N-dealkylation sites (N-methyl/N-ethyl adjacent to an activating group) is 1. The van der Waals surface area contributed by atoms with Crippen LogP contribution in [0.2, 0.25) is 0 Å². The van der Waals surface area contributed by atoms with E-state index in [1.807, 2.05) is 18.2 Å². The average Bonchev–Trinajstić information content (AvgIpc) is 3.15. The van der Waals surface area contributed by atoms with Gasteiger partial charge in [0.15, 0.2) is 0 Å². The maximum Gasteiger partial charge on any atom is 0.264 e. The van der Waals surface area contributed by atoms with Gasteiger partial charge in [-0.15, -0.1) is 0 Å². The number of benzene rings is 1. The summed E-state index contributed by atoms with van der Waals surface area (Å²) in [6.45, 7) is 1.78. The molecule has 1 aliphatic heterocycles. The topological polar surface area (TPSA) is 32.5 Å². The van der Waals surface area contributed by atoms with Crippen molar-refractivity contribution in [3.63, 3.8) is 0 Å². The molecule has 1 heterocycles. The highest BCUT2D eigenvalue weighted by molar-refractivity contribution is 5.83. The van der Waals surface area contributed by atoms with Gasteiger partial charge in [0.2, 0.25) is 0 Å². The molecule has 0 N–H and O–H groups in total. The van der Waals surface area contributed by atoms with E-state index < -0.39 is 0 Å². The molecule has 1 amide bonds. The molecule has 0 bridgehead atoms. The summed E-state index contributed by atoms with van der Waals surface area (Å²) in [5.74, 6) is 0.0422. The molecule has 92 valence electrons. The minimum Gasteiger partial charge on any atom is -0.288 e. The molecular weight excluding hydrogens is 216 g/mol. The zero-order valence-corrected chi connectivity index (χ0v) is 10.3. The standard InChI is InChI=1S/C13H18N2O2/c1-14(17-2)13(16)12-10-15(12)9-8-11-6-4-3-5-7-11/h3-7,12H,8-10H2,1-2H3/t12-,15?/m0/s1. The van der Waals surface area contributed by atoms with E-state index in [-0.39, 0.29) is 11.9 Å². The largest absolute Gasteiger partial charge is 0.288 e. The van der Waals surface area contributed by atoms with Gasteiger partial charge in [0.25, 0.3) is 5.91 Å². The Kier molecular flexibility index (Phi) is 3.76. The quantitative estimate of drug-likeness (QED) is 0.561. The summed E-state index contributed by atoms with van der Waals surface area (Å²) in [5.41, 5.74) is 1.31. The third-order valence-electron chi connectivity index (χ3n) is 3.11. The highest BCUT2D eigenvalue weighted by atomic mass is 16.7. The van der Waals surface area contributed by atoms with Gasteiger partial charge in [0.1, 0.15) is 6.04 Å². The minimum absolute atomic E-state index is 0.0173. The van der Waals surface area contributed by atoms with Gasteiger partial charge < -0.3 is 0 Å². The number of carbonyl (C=O) groups excluding carboxylic acids is 1. The van der Waals surface area contributed by atoms with Crippen molar-refractivity contribution in [1.82, 2.24) is 9.96 Å². The lowest BCUT2D eigenvalue weighted by molar-refractivity contribution is -0.168. The Morgan fingerprint density at radius 1 is 1.47 bits per heavy atom. The molecule has 1 fully saturated rings. The van der Waals surface area contributed by atoms with E-state index in [0.717, 1.165) is 19.5 Å². The van der Waals surface area contributed by atoms with E-state index in [1.54, 1.807) is 7.05 Å². The second kappa shape index (κ2) is 5.29. The zero-order chi connectivity index (χ0) is 12.3. The smallest absolute Gasteiger partial charge is 0.264 e. The molecule has 4 heteroatoms. The van der Waals surface area contributed by atoms with Crippen molar-refractivity contribution in [3.8, 4) is 0 Å². The first kappa shape index (κ1) is 12.1. The summed E-state index contributed by atoms with van der Waals surface area (Å²) in [6, 6.07) is 10.3. The van der Waals surface area contributed by atoms with Crippen LogP contribution in [0.25, 0.3) is 0 Å². The van der Waals surface area contributed by atoms with E-state index in [4.69, 9.17) is 4.84 Å². The van der Waals surface area contributed by atoms with E-state index >= 15 is 0 Å². The summed E-state index contributed by atoms with van der Waals surface area (Å²) in [6.07, 6.45) is 0.987. The SMILES string of the molecule is CON(C)C(=O)[C@@H]1CN1CCc1ccccc1. The summed E-state index contributed by atoms with van der Waals surface area (Å²) < 4.78 is 0. The first-order valence-electron chi connectivity index (χ1n) is 5.82. The van der Waals surface area contributed by atoms with E-state index in [9.17, 15) is 4.79 Å². The predicted octanol–water partition coefficient (Wildman–Crippen LogP) is 0.933. The molecule has 2 rings (SSSR count). The Bertz CT molecular complexity index is 380. The number of hydrogen-bond donors (Lipinski definition) is 0. The average molecular weight is 234 g/mol. The van der Waals surface area contributed by atoms with Crippen LogP contribution in [0.1, 0.15) is 5.56 Å². The van der Waals surface area contributed by atoms with Gasteiger partial charge in [0, 0.05) is 20.1 Å². The summed E-state index contributed by atoms with van der Waals surface area (Å²) >= 11 is 0. The number of carbonyl (C=O) groups is 1. The number of amides is 1. The molecule has 1 aliphatic rings. The molecule has 0 saturated carbocycles. The van der Waals surface area contributed by atoms with Crippen molar-refractivity contribution in [1.29, 1.82) is 0 Å². The lowest BCUT2D eigenvalue weighted by atomic mass is 10.1. The van der Waals surface area contributed by atoms with Crippen LogP contribution in [0, 0.1) is 0 Å². The molecule has 0 radical (unpaired) electrons. The summed E-state index contributed by atoms with van der Waals surface area (Å²) in [4.78, 5) is 18.8. The van der Waals surface area contributed by atoms with Gasteiger partial charge in [-0.3, -0.25) is 14.5 Å². The van der Waals surface area contributed by atoms with Crippen molar-refractivity contribution in [3.05, 3.63) is 35.9 Å². The van der Waals surface area contributed by atoms with E-state index in [2.05, 4.69) is 17.0 Å². The Balaban J connectivity index is 1.75. The van der Waals surface area contributed by atoms with Gasteiger partial charge >= 0.3 is 0 Å². The number of rotatable bonds is 5. The fourth-order valence-electron chi connectivity index (χ4n) is 1.87. The van der Waals surface area contributed by atoms with Crippen molar-refractivity contribution in [2.75, 3.05) is 27.2 Å². The highest BCUT2D eigenvalue weighted by Gasteiger charge is 2.41. The van der Waals surface area contributed by atoms with Gasteiger partial charge in [-0.1, -0.05) is 30.3 Å². The van der Waals surface area contributed by atoms with Gasteiger partial charge in [0.05, 0.1) is 7.11 Å². The number of hydroxylamine groups is 2. The van der Waals surface area contributed by atoms with E-state index in [1.165, 1.54) is 17.7 Å². The monoisotopic (exact) mass is 234 g/mol. The lowest BCUT2D eigenvalue weighted by Crippen LogP contribution is -2.31. The minimum atomic E-state index is 0.0173. The maximum absolute atomic E-state index is 11.7. The molecule has 0 aromatic heterocycles. The van der Waals surface area contributed by atoms with Crippen LogP contribution in [-0.2, 0) is 16.1 Å². The fraction of sp³-hybridized carbons (Fsp3) is 0.462. The Morgan fingerprint density at radius 3 is 2.82 bits per heavy atom. The number of hydrogen-bond acceptors (Lipinski definition) is 3. The second-order valence-corrected chi connectivity index (χ2v) is 4.26. The van der Waals surface area contributed by atoms with Crippen molar-refractivity contribution in [2.24, 2.45) is 0 Å². The van der Waals surface area contributed by atoms with Crippen LogP contribution in [0.3, 0.4) is 0 Å². The predicted molar refractivity (Wildman–Crippen MR) is 65.3 cm³/mol. The molecule has 2 atom stereocenters. The van der Waals surface area contributed by atoms with Crippen LogP contribution < -0.4 is 0 Å². The van der Waals surface area contributed by atoms with Crippen LogP contribution in [0.5, 0.6) is 0 Å². The van der Waals surface area contributed by atoms with Crippen LogP contribution in [0.15, 0.2) is 30.3 Å². The fourth-order valence-corrected chi connectivity index (χ4v) is 1.87. The lowest BCUT2D eigenvalue weighted by Gasteiger charge is -2.13. The second-order valence-electron chi connectivity index (χ2n) is 4.26. The molecule has 17 heavy (non-hydrogen) atoms. The summed E-state index contributed by atoms with van der Waals surface area (Å²) in [5, 5.41) is 1.30. The summed E-state index contributed by atoms with van der Waals surface area (Å²) in [7, 11) is 3.16. The maximum atomic E-state index is 11.7. The Morgan fingerprint density at radius 2 is 2.18 bits per heavy atom. The van der Waals surface area contributed by atoms with Crippen LogP contribution >= 0.6 is 0 Å². The van der Waals surface area contributed by atoms with Gasteiger partial charge in [-0.25, -0.2) is 5.06 Å². The Hall–Kier alpha value is -1.39. The van der Waals surface area contributed by atoms with Crippen LogP contribution in [-0.4, -0.2) is 49.2 Å². The molecule has 1 aromatic carbocycles. The van der Waals surface area contributed by atoms with Gasteiger partial charge in [-0.2, -0.15) is 0 Å². The Labute approximate surface area is 102 Å². The molecule has 4 nitrogen and oxygen atoms in total. The first-order valence-corrected chi connectivity index (χ1v) is 5.82. The van der Waals surface area contributed by atoms with Crippen molar-refractivity contribution in [2.45, 2.75) is 12.5 Å². The first-order chi connectivity index (χ1) is 8.22. The normalized spacial score (nSPS) is 22.2. The molecular formula is C13H18N2O2. The van der Waals surface area contributed by atoms with Gasteiger partial charge in [-0.05, 0) is 12.0 Å². The third-order valence-corrected chi connectivity index (χ3v) is 3.11. The van der Waals surface area contributed by atoms with Crippen molar-refractivity contribution >= 4 is 5.91 Å². The molecule has 1 aromatic rings.